The molecule has 3 saturated heterocycles. The molecule has 0 bridgehead atoms. The third-order valence-corrected chi connectivity index (χ3v) is 7.84. The monoisotopic (exact) mass is 432 g/mol. The molecular weight excluding hydrogens is 396 g/mol. The van der Waals surface area contributed by atoms with E-state index in [4.69, 9.17) is 4.74 Å². The van der Waals surface area contributed by atoms with E-state index in [1.165, 1.54) is 98.7 Å². The van der Waals surface area contributed by atoms with Crippen molar-refractivity contribution in [2.45, 2.75) is 44.4 Å². The summed E-state index contributed by atoms with van der Waals surface area (Å²) in [7, 11) is 0. The van der Waals surface area contributed by atoms with Crippen LogP contribution in [0.5, 0.6) is 0 Å². The molecule has 4 heterocycles. The minimum Gasteiger partial charge on any atom is -0.356 e. The molecule has 170 valence electrons. The molecule has 1 aromatic heterocycles. The van der Waals surface area contributed by atoms with Crippen LogP contribution in [-0.2, 0) is 4.74 Å². The lowest BCUT2D eigenvalue weighted by Crippen LogP contribution is -2.42. The van der Waals surface area contributed by atoms with Gasteiger partial charge < -0.3 is 19.5 Å². The Morgan fingerprint density at radius 1 is 0.875 bits per heavy atom. The molecule has 2 aromatic carbocycles. The Morgan fingerprint density at radius 2 is 1.66 bits per heavy atom. The highest BCUT2D eigenvalue weighted by molar-refractivity contribution is 6.06. The zero-order valence-corrected chi connectivity index (χ0v) is 19.1. The predicted octanol–water partition coefficient (Wildman–Crippen LogP) is 4.51. The Kier molecular flexibility index (Phi) is 5.91. The second kappa shape index (κ2) is 9.14. The first-order valence-corrected chi connectivity index (χ1v) is 12.7. The number of hydrogen-bond donors (Lipinski definition) is 2. The largest absolute Gasteiger partial charge is 0.356 e. The summed E-state index contributed by atoms with van der Waals surface area (Å²) in [6.07, 6.45) is 7.15. The fourth-order valence-electron chi connectivity index (χ4n) is 5.73. The van der Waals surface area contributed by atoms with Gasteiger partial charge in [0.15, 0.2) is 0 Å². The number of rotatable bonds is 7. The van der Waals surface area contributed by atoms with Crippen molar-refractivity contribution in [1.29, 1.82) is 0 Å². The average molecular weight is 433 g/mol. The van der Waals surface area contributed by atoms with E-state index in [2.05, 4.69) is 62.6 Å². The Labute approximate surface area is 191 Å². The molecule has 0 aliphatic carbocycles. The average Bonchev–Trinajstić information content (AvgIpc) is 3.50. The molecule has 5 nitrogen and oxygen atoms in total. The zero-order valence-electron chi connectivity index (χ0n) is 19.1. The van der Waals surface area contributed by atoms with Gasteiger partial charge in [0.25, 0.3) is 0 Å². The highest BCUT2D eigenvalue weighted by Crippen LogP contribution is 2.39. The van der Waals surface area contributed by atoms with E-state index in [-0.39, 0.29) is 12.3 Å². The van der Waals surface area contributed by atoms with Gasteiger partial charge in [-0.15, -0.1) is 0 Å². The molecule has 3 aliphatic rings. The molecule has 32 heavy (non-hydrogen) atoms. The molecule has 6 rings (SSSR count). The van der Waals surface area contributed by atoms with Crippen molar-refractivity contribution in [1.82, 2.24) is 20.1 Å². The molecule has 0 spiro atoms. The van der Waals surface area contributed by atoms with Crippen LogP contribution in [0.1, 0.15) is 43.9 Å². The highest BCUT2D eigenvalue weighted by atomic mass is 16.6. The van der Waals surface area contributed by atoms with Gasteiger partial charge in [0.1, 0.15) is 12.3 Å². The third-order valence-electron chi connectivity index (χ3n) is 7.84. The highest BCUT2D eigenvalue weighted by Gasteiger charge is 2.41. The van der Waals surface area contributed by atoms with Crippen molar-refractivity contribution in [3.63, 3.8) is 0 Å². The molecule has 5 heteroatoms. The van der Waals surface area contributed by atoms with E-state index < -0.39 is 0 Å². The van der Waals surface area contributed by atoms with Crippen molar-refractivity contribution in [2.75, 3.05) is 45.8 Å². The second-order valence-corrected chi connectivity index (χ2v) is 10.0. The number of aromatic amines is 1. The number of benzene rings is 2. The lowest BCUT2D eigenvalue weighted by molar-refractivity contribution is 0.143. The molecule has 0 saturated carbocycles. The quantitative estimate of drug-likeness (QED) is 0.540. The summed E-state index contributed by atoms with van der Waals surface area (Å²) >= 11 is 0. The fourth-order valence-corrected chi connectivity index (χ4v) is 5.73. The van der Waals surface area contributed by atoms with E-state index in [0.717, 1.165) is 12.5 Å². The van der Waals surface area contributed by atoms with Crippen LogP contribution in [0.25, 0.3) is 21.7 Å². The van der Waals surface area contributed by atoms with Gasteiger partial charge in [-0.05, 0) is 80.7 Å². The first-order valence-electron chi connectivity index (χ1n) is 12.7. The number of aromatic nitrogens is 1. The Morgan fingerprint density at radius 3 is 2.50 bits per heavy atom. The smallest absolute Gasteiger partial charge is 0.141 e. The molecule has 2 atom stereocenters. The van der Waals surface area contributed by atoms with E-state index in [9.17, 15) is 0 Å². The molecule has 3 aliphatic heterocycles. The minimum atomic E-state index is 0.158. The summed E-state index contributed by atoms with van der Waals surface area (Å²) in [5.41, 5.74) is 2.39. The maximum Gasteiger partial charge on any atom is 0.141 e. The van der Waals surface area contributed by atoms with Crippen LogP contribution in [0.15, 0.2) is 42.5 Å². The van der Waals surface area contributed by atoms with E-state index >= 15 is 0 Å². The Balaban J connectivity index is 0.966. The summed E-state index contributed by atoms with van der Waals surface area (Å²) < 4.78 is 6.00. The second-order valence-electron chi connectivity index (χ2n) is 10.0. The number of H-pyrrole nitrogens is 1. The number of nitrogens with zero attached hydrogens (tertiary/aromatic N) is 2. The van der Waals surface area contributed by atoms with Crippen LogP contribution in [0.3, 0.4) is 0 Å². The number of likely N-dealkylation sites (tertiary alicyclic amines) is 2. The Hall–Kier alpha value is -1.92. The van der Waals surface area contributed by atoms with E-state index in [1.54, 1.807) is 0 Å². The van der Waals surface area contributed by atoms with Crippen LogP contribution in [0.2, 0.25) is 0 Å². The lowest BCUT2D eigenvalue weighted by Gasteiger charge is -2.34. The first-order chi connectivity index (χ1) is 15.8. The number of nitrogens with one attached hydrogen (secondary N) is 2. The van der Waals surface area contributed by atoms with Gasteiger partial charge in [0.2, 0.25) is 0 Å². The Bertz CT molecular complexity index is 1050. The van der Waals surface area contributed by atoms with Crippen LogP contribution in [0, 0.1) is 5.92 Å². The summed E-state index contributed by atoms with van der Waals surface area (Å²) in [5, 5.41) is 7.58. The van der Waals surface area contributed by atoms with Gasteiger partial charge in [-0.2, -0.15) is 0 Å². The molecule has 3 aromatic rings. The number of piperidine rings is 2. The number of ether oxygens (including phenoxy) is 1. The molecular formula is C27H36N4O. The van der Waals surface area contributed by atoms with Crippen molar-refractivity contribution >= 4 is 21.7 Å². The normalized spacial score (nSPS) is 25.6. The van der Waals surface area contributed by atoms with Gasteiger partial charge in [0.05, 0.1) is 0 Å². The SMILES string of the molecule is c1ccc2c(c1)ccc1[nH]c(C3OC3NCC3CCN(CCN4CCCCC4)CC3)cc12. The standard InChI is InChI=1S/C27H36N4O/c1-4-12-30(13-5-1)16-17-31-14-10-20(11-15-31)19-28-27-26(32-27)25-18-23-22-7-3-2-6-21(22)8-9-24(23)29-25/h2-3,6-9,18,20,26-29H,1,4-5,10-17,19H2. The summed E-state index contributed by atoms with van der Waals surface area (Å²) in [5.74, 6) is 0.776. The van der Waals surface area contributed by atoms with Crippen LogP contribution < -0.4 is 5.32 Å². The van der Waals surface area contributed by atoms with Gasteiger partial charge >= 0.3 is 0 Å². The van der Waals surface area contributed by atoms with Gasteiger partial charge in [-0.1, -0.05) is 36.8 Å². The molecule has 0 amide bonds. The fraction of sp³-hybridized carbons (Fsp3) is 0.556. The maximum atomic E-state index is 6.00. The van der Waals surface area contributed by atoms with Crippen molar-refractivity contribution in [3.8, 4) is 0 Å². The molecule has 2 unspecified atom stereocenters. The van der Waals surface area contributed by atoms with Crippen molar-refractivity contribution < 1.29 is 4.74 Å². The lowest BCUT2D eigenvalue weighted by atomic mass is 9.96. The third kappa shape index (κ3) is 4.44. The topological polar surface area (TPSA) is 46.8 Å². The van der Waals surface area contributed by atoms with E-state index in [1.807, 2.05) is 0 Å². The van der Waals surface area contributed by atoms with Crippen molar-refractivity contribution in [3.05, 3.63) is 48.2 Å². The summed E-state index contributed by atoms with van der Waals surface area (Å²) in [6, 6.07) is 15.3. The van der Waals surface area contributed by atoms with Gasteiger partial charge in [-0.3, -0.25) is 5.32 Å². The summed E-state index contributed by atoms with van der Waals surface area (Å²) in [4.78, 5) is 8.93. The number of fused-ring (bicyclic) bond motifs is 3. The summed E-state index contributed by atoms with van der Waals surface area (Å²) in [6.45, 7) is 8.73. The minimum absolute atomic E-state index is 0.158. The van der Waals surface area contributed by atoms with Crippen LogP contribution in [0.4, 0.5) is 0 Å². The van der Waals surface area contributed by atoms with Crippen molar-refractivity contribution in [2.24, 2.45) is 5.92 Å². The molecule has 3 fully saturated rings. The van der Waals surface area contributed by atoms with Crippen LogP contribution in [-0.4, -0.2) is 66.8 Å². The number of epoxide rings is 1. The van der Waals surface area contributed by atoms with Crippen LogP contribution >= 0.6 is 0 Å². The molecule has 0 radical (unpaired) electrons. The van der Waals surface area contributed by atoms with Gasteiger partial charge in [-0.25, -0.2) is 0 Å². The maximum absolute atomic E-state index is 6.00. The zero-order chi connectivity index (χ0) is 21.3. The first kappa shape index (κ1) is 20.7. The predicted molar refractivity (Wildman–Crippen MR) is 131 cm³/mol. The molecule has 2 N–H and O–H groups in total. The van der Waals surface area contributed by atoms with E-state index in [0.29, 0.717) is 0 Å². The number of hydrogen-bond acceptors (Lipinski definition) is 4. The van der Waals surface area contributed by atoms with Gasteiger partial charge in [0, 0.05) is 36.2 Å².